The van der Waals surface area contributed by atoms with Crippen LogP contribution < -0.4 is 11.1 Å². The quantitative estimate of drug-likeness (QED) is 0.177. The zero-order valence-electron chi connectivity index (χ0n) is 16.9. The maximum atomic E-state index is 12.8. The number of nitrogens with one attached hydrogen (secondary N) is 1. The molecular weight excluding hydrogens is 557 g/mol. The van der Waals surface area contributed by atoms with Crippen LogP contribution in [0.15, 0.2) is 26.2 Å². The lowest BCUT2D eigenvalue weighted by atomic mass is 9.86. The first-order valence-electron chi connectivity index (χ1n) is 9.37. The van der Waals surface area contributed by atoms with Crippen LogP contribution in [0.5, 0.6) is 0 Å². The molecule has 11 nitrogen and oxygen atoms in total. The van der Waals surface area contributed by atoms with Crippen LogP contribution in [-0.2, 0) is 20.6 Å². The van der Waals surface area contributed by atoms with E-state index in [9.17, 15) is 37.9 Å². The minimum atomic E-state index is -4.63. The predicted octanol–water partition coefficient (Wildman–Crippen LogP) is 2.61. The Morgan fingerprint density at radius 2 is 2.09 bits per heavy atom. The highest BCUT2D eigenvalue weighted by Crippen LogP contribution is 2.44. The summed E-state index contributed by atoms with van der Waals surface area (Å²) in [6.07, 6.45) is -4.31. The zero-order valence-corrected chi connectivity index (χ0v) is 20.1. The van der Waals surface area contributed by atoms with Crippen LogP contribution in [-0.4, -0.2) is 60.8 Å². The van der Waals surface area contributed by atoms with Gasteiger partial charge >= 0.3 is 12.1 Å². The lowest BCUT2D eigenvalue weighted by Gasteiger charge is -2.50. The fourth-order valence-corrected chi connectivity index (χ4v) is 6.33. The molecule has 2 aliphatic rings. The summed E-state index contributed by atoms with van der Waals surface area (Å²) in [4.78, 5) is 45.8. The number of hydrogen-bond acceptors (Lipinski definition) is 11. The van der Waals surface area contributed by atoms with Gasteiger partial charge in [-0.25, -0.2) is 14.8 Å². The average Bonchev–Trinajstić information content (AvgIpc) is 3.38. The van der Waals surface area contributed by atoms with Crippen molar-refractivity contribution in [3.05, 3.63) is 31.0 Å². The first kappa shape index (κ1) is 25.2. The van der Waals surface area contributed by atoms with E-state index >= 15 is 0 Å². The van der Waals surface area contributed by atoms with Gasteiger partial charge in [-0.2, -0.15) is 13.2 Å². The Bertz CT molecular complexity index is 1290. The summed E-state index contributed by atoms with van der Waals surface area (Å²) >= 11 is 7.89. The highest BCUT2D eigenvalue weighted by atomic mass is 35.5. The molecule has 35 heavy (non-hydrogen) atoms. The number of nitrogens with zero attached hydrogens (tertiary/aromatic N) is 4. The number of carbonyl (C=O) groups is 3. The lowest BCUT2D eigenvalue weighted by molar-refractivity contribution is -0.155. The van der Waals surface area contributed by atoms with Crippen molar-refractivity contribution in [1.82, 2.24) is 20.2 Å². The number of fused-ring (bicyclic) bond motifs is 1. The van der Waals surface area contributed by atoms with Crippen molar-refractivity contribution in [2.45, 2.75) is 36.1 Å². The fraction of sp³-hybridized carbons (Fsp3) is 0.294. The van der Waals surface area contributed by atoms with Gasteiger partial charge in [0, 0.05) is 10.3 Å². The Balaban J connectivity index is 1.52. The van der Waals surface area contributed by atoms with E-state index in [4.69, 9.17) is 17.3 Å². The number of thiazole rings is 2. The summed E-state index contributed by atoms with van der Waals surface area (Å²) in [7, 11) is 0. The molecule has 2 aliphatic heterocycles. The minimum Gasteiger partial charge on any atom is -0.477 e. The van der Waals surface area contributed by atoms with Gasteiger partial charge in [0.2, 0.25) is 0 Å². The number of carboxylic acid groups (broad SMARTS) is 1. The second-order valence-electron chi connectivity index (χ2n) is 7.06. The standard InChI is InChI=1S/C17H12ClF3N6O5S3/c18-11-8(25-16(22)35-11)9(26-32)12(28)24-7-4-1-2-5(10(14(30)31)27(4)13(7)29)34-6-3-33-15(23-6)17(19,20)21/h3-4,7,32H,1-2H2,(H2,22,25)(H,24,28)(H,30,31)/b26-9-/t4-,7+/m1/s1. The van der Waals surface area contributed by atoms with E-state index in [1.165, 1.54) is 0 Å². The van der Waals surface area contributed by atoms with Crippen molar-refractivity contribution < 1.29 is 37.9 Å². The molecule has 186 valence electrons. The number of alkyl halides is 3. The topological polar surface area (TPSA) is 171 Å². The predicted molar refractivity (Wildman–Crippen MR) is 119 cm³/mol. The van der Waals surface area contributed by atoms with E-state index in [-0.39, 0.29) is 37.9 Å². The van der Waals surface area contributed by atoms with Gasteiger partial charge in [-0.05, 0) is 12.8 Å². The summed E-state index contributed by atoms with van der Waals surface area (Å²) in [5, 5.41) is 24.3. The largest absolute Gasteiger partial charge is 0.477 e. The first-order chi connectivity index (χ1) is 16.4. The number of oxime groups is 1. The van der Waals surface area contributed by atoms with Crippen LogP contribution >= 0.6 is 46.0 Å². The number of halogens is 4. The molecule has 0 aliphatic carbocycles. The summed E-state index contributed by atoms with van der Waals surface area (Å²) in [5.74, 6) is -3.20. The second kappa shape index (κ2) is 9.29. The van der Waals surface area contributed by atoms with Gasteiger partial charge in [-0.3, -0.25) is 14.5 Å². The number of carbonyl (C=O) groups excluding carboxylic acids is 2. The molecule has 0 saturated carbocycles. The number of hydrogen-bond donors (Lipinski definition) is 4. The zero-order chi connectivity index (χ0) is 25.7. The number of aromatic nitrogens is 2. The molecule has 1 saturated heterocycles. The normalized spacial score (nSPS) is 20.5. The van der Waals surface area contributed by atoms with Crippen molar-refractivity contribution in [3.63, 3.8) is 0 Å². The minimum absolute atomic E-state index is 0.0147. The average molecular weight is 569 g/mol. The van der Waals surface area contributed by atoms with Crippen LogP contribution in [0.4, 0.5) is 18.3 Å². The first-order valence-corrected chi connectivity index (χ1v) is 12.3. The molecule has 0 radical (unpaired) electrons. The van der Waals surface area contributed by atoms with Gasteiger partial charge in [0.15, 0.2) is 15.9 Å². The molecule has 0 spiro atoms. The number of allylic oxidation sites excluding steroid dienone is 1. The van der Waals surface area contributed by atoms with Crippen molar-refractivity contribution in [3.8, 4) is 0 Å². The number of anilines is 1. The Hall–Kier alpha value is -2.89. The third-order valence-electron chi connectivity index (χ3n) is 4.98. The summed E-state index contributed by atoms with van der Waals surface area (Å²) in [6, 6.07) is -1.87. The molecule has 1 fully saturated rings. The van der Waals surface area contributed by atoms with Gasteiger partial charge in [-0.15, -0.1) is 11.3 Å². The Kier molecular flexibility index (Phi) is 6.69. The molecule has 0 unspecified atom stereocenters. The SMILES string of the molecule is Nc1nc(/C(=N/O)C(=O)N[C@@H]2C(=O)N3C(C(=O)O)=C(Sc4csc(C(F)(F)F)n4)CC[C@H]23)c(Cl)s1. The Morgan fingerprint density at radius 1 is 1.37 bits per heavy atom. The van der Waals surface area contributed by atoms with Crippen molar-refractivity contribution in [2.75, 3.05) is 5.73 Å². The van der Waals surface area contributed by atoms with Crippen LogP contribution in [0.25, 0.3) is 0 Å². The molecule has 2 atom stereocenters. The molecule has 2 aromatic heterocycles. The summed E-state index contributed by atoms with van der Waals surface area (Å²) in [6.45, 7) is 0. The van der Waals surface area contributed by atoms with Gasteiger partial charge in [-0.1, -0.05) is 39.9 Å². The van der Waals surface area contributed by atoms with Crippen LogP contribution in [0.3, 0.4) is 0 Å². The molecule has 18 heteroatoms. The monoisotopic (exact) mass is 568 g/mol. The second-order valence-corrected chi connectivity index (χ2v) is 10.7. The summed E-state index contributed by atoms with van der Waals surface area (Å²) in [5.41, 5.74) is 4.36. The smallest absolute Gasteiger partial charge is 0.443 e. The third-order valence-corrected chi connectivity index (χ3v) is 8.16. The summed E-state index contributed by atoms with van der Waals surface area (Å²) < 4.78 is 38.5. The van der Waals surface area contributed by atoms with E-state index in [0.717, 1.165) is 33.4 Å². The van der Waals surface area contributed by atoms with Gasteiger partial charge in [0.05, 0.1) is 6.04 Å². The number of thioether (sulfide) groups is 1. The van der Waals surface area contributed by atoms with E-state index in [0.29, 0.717) is 11.3 Å². The number of rotatable bonds is 6. The maximum Gasteiger partial charge on any atom is 0.443 e. The lowest BCUT2D eigenvalue weighted by Crippen LogP contribution is -2.72. The van der Waals surface area contributed by atoms with Crippen molar-refractivity contribution in [1.29, 1.82) is 0 Å². The van der Waals surface area contributed by atoms with Crippen LogP contribution in [0.2, 0.25) is 4.34 Å². The van der Waals surface area contributed by atoms with Gasteiger partial charge in [0.1, 0.15) is 26.8 Å². The molecule has 0 aromatic carbocycles. The molecule has 0 bridgehead atoms. The number of aliphatic carboxylic acids is 1. The van der Waals surface area contributed by atoms with Crippen molar-refractivity contribution in [2.24, 2.45) is 5.16 Å². The Morgan fingerprint density at radius 3 is 2.63 bits per heavy atom. The van der Waals surface area contributed by atoms with Crippen LogP contribution in [0, 0.1) is 0 Å². The Labute approximate surface area is 210 Å². The third kappa shape index (κ3) is 4.67. The maximum absolute atomic E-state index is 12.8. The van der Waals surface area contributed by atoms with E-state index in [1.54, 1.807) is 0 Å². The van der Waals surface area contributed by atoms with E-state index in [1.807, 2.05) is 0 Å². The fourth-order valence-electron chi connectivity index (χ4n) is 3.56. The molecular formula is C17H12ClF3N6O5S3. The molecule has 4 rings (SSSR count). The highest BCUT2D eigenvalue weighted by molar-refractivity contribution is 8.03. The number of β-lactam (4-membered cyclic amide) rings is 1. The van der Waals surface area contributed by atoms with Crippen molar-refractivity contribution >= 4 is 74.7 Å². The molecule has 4 heterocycles. The van der Waals surface area contributed by atoms with E-state index in [2.05, 4.69) is 20.4 Å². The number of nitrogens with two attached hydrogens (primary N) is 1. The van der Waals surface area contributed by atoms with Crippen LogP contribution in [0.1, 0.15) is 23.5 Å². The molecule has 2 amide bonds. The van der Waals surface area contributed by atoms with Gasteiger partial charge < -0.3 is 21.4 Å². The van der Waals surface area contributed by atoms with Gasteiger partial charge in [0.25, 0.3) is 11.8 Å². The highest BCUT2D eigenvalue weighted by Gasteiger charge is 2.54. The molecule has 2 aromatic rings. The number of nitrogen functional groups attached to an aromatic ring is 1. The molecule has 5 N–H and O–H groups in total. The number of amides is 2. The van der Waals surface area contributed by atoms with E-state index < -0.39 is 52.5 Å². The number of carboxylic acids is 1.